The van der Waals surface area contributed by atoms with Gasteiger partial charge in [-0.3, -0.25) is 4.79 Å². The standard InChI is InChI=1S/C23H28Cl2N2O4S/c1-16(15-23(2,3)17-7-5-4-6-8-17)26-22(28)18-13-21(20(25)14-19(18)24)32(29,30)27-9-11-31-12-10-27/h4-8,13-14,16H,9-12,15H2,1-3H3,(H,26,28). The van der Waals surface area contributed by atoms with Crippen molar-refractivity contribution in [1.82, 2.24) is 9.62 Å². The summed E-state index contributed by atoms with van der Waals surface area (Å²) in [6.45, 7) is 7.24. The van der Waals surface area contributed by atoms with Crippen LogP contribution in [-0.4, -0.2) is 51.0 Å². The lowest BCUT2D eigenvalue weighted by Crippen LogP contribution is -2.41. The van der Waals surface area contributed by atoms with Gasteiger partial charge in [0.05, 0.1) is 28.8 Å². The van der Waals surface area contributed by atoms with Crippen LogP contribution < -0.4 is 5.32 Å². The maximum absolute atomic E-state index is 13.1. The molecule has 0 saturated carbocycles. The fourth-order valence-electron chi connectivity index (χ4n) is 3.95. The molecule has 0 aromatic heterocycles. The number of halogens is 2. The number of carbonyl (C=O) groups is 1. The molecule has 32 heavy (non-hydrogen) atoms. The Balaban J connectivity index is 1.80. The van der Waals surface area contributed by atoms with Crippen LogP contribution in [0.3, 0.4) is 0 Å². The number of ether oxygens (including phenoxy) is 1. The molecule has 1 N–H and O–H groups in total. The van der Waals surface area contributed by atoms with Gasteiger partial charge in [-0.1, -0.05) is 67.4 Å². The van der Waals surface area contributed by atoms with E-state index in [0.29, 0.717) is 19.6 Å². The normalized spacial score (nSPS) is 16.5. The minimum absolute atomic E-state index is 0.0173. The highest BCUT2D eigenvalue weighted by Crippen LogP contribution is 2.32. The molecule has 2 aromatic carbocycles. The Morgan fingerprint density at radius 1 is 1.12 bits per heavy atom. The number of rotatable bonds is 7. The van der Waals surface area contributed by atoms with Crippen molar-refractivity contribution in [2.45, 2.75) is 43.5 Å². The van der Waals surface area contributed by atoms with Gasteiger partial charge in [0.25, 0.3) is 5.91 Å². The minimum Gasteiger partial charge on any atom is -0.379 e. The van der Waals surface area contributed by atoms with Crippen LogP contribution in [0.2, 0.25) is 10.0 Å². The van der Waals surface area contributed by atoms with Crippen LogP contribution >= 0.6 is 23.2 Å². The van der Waals surface area contributed by atoms with E-state index in [1.807, 2.05) is 25.1 Å². The fourth-order valence-corrected chi connectivity index (χ4v) is 6.19. The van der Waals surface area contributed by atoms with Crippen molar-refractivity contribution in [1.29, 1.82) is 0 Å². The second-order valence-electron chi connectivity index (χ2n) is 8.61. The maximum atomic E-state index is 13.1. The van der Waals surface area contributed by atoms with E-state index in [1.165, 1.54) is 22.0 Å². The van der Waals surface area contributed by atoms with Gasteiger partial charge in [0, 0.05) is 19.1 Å². The molecule has 174 valence electrons. The molecule has 0 spiro atoms. The number of benzene rings is 2. The minimum atomic E-state index is -3.88. The van der Waals surface area contributed by atoms with Crippen molar-refractivity contribution in [3.8, 4) is 0 Å². The average molecular weight is 499 g/mol. The van der Waals surface area contributed by atoms with Crippen LogP contribution in [0.4, 0.5) is 0 Å². The Labute approximate surface area is 199 Å². The second-order valence-corrected chi connectivity index (χ2v) is 11.3. The summed E-state index contributed by atoms with van der Waals surface area (Å²) >= 11 is 12.5. The van der Waals surface area contributed by atoms with Gasteiger partial charge < -0.3 is 10.1 Å². The third kappa shape index (κ3) is 5.64. The number of sulfonamides is 1. The first-order chi connectivity index (χ1) is 15.0. The van der Waals surface area contributed by atoms with Crippen LogP contribution in [0.25, 0.3) is 0 Å². The number of nitrogens with zero attached hydrogens (tertiary/aromatic N) is 1. The topological polar surface area (TPSA) is 75.7 Å². The Morgan fingerprint density at radius 2 is 1.75 bits per heavy atom. The van der Waals surface area contributed by atoms with Gasteiger partial charge in [0.2, 0.25) is 10.0 Å². The summed E-state index contributed by atoms with van der Waals surface area (Å²) in [6.07, 6.45) is 0.687. The molecule has 1 unspecified atom stereocenters. The number of hydrogen-bond donors (Lipinski definition) is 1. The molecule has 1 aliphatic rings. The van der Waals surface area contributed by atoms with Crippen LogP contribution in [0.5, 0.6) is 0 Å². The van der Waals surface area contributed by atoms with Crippen molar-refractivity contribution in [3.63, 3.8) is 0 Å². The van der Waals surface area contributed by atoms with Crippen molar-refractivity contribution in [2.24, 2.45) is 0 Å². The highest BCUT2D eigenvalue weighted by atomic mass is 35.5. The highest BCUT2D eigenvalue weighted by molar-refractivity contribution is 7.89. The summed E-state index contributed by atoms with van der Waals surface area (Å²) in [4.78, 5) is 12.9. The van der Waals surface area contributed by atoms with E-state index in [4.69, 9.17) is 27.9 Å². The molecule has 1 heterocycles. The summed E-state index contributed by atoms with van der Waals surface area (Å²) in [5.41, 5.74) is 1.08. The predicted octanol–water partition coefficient (Wildman–Crippen LogP) is 4.50. The summed E-state index contributed by atoms with van der Waals surface area (Å²) in [5, 5.41) is 3.03. The molecule has 3 rings (SSSR count). The predicted molar refractivity (Wildman–Crippen MR) is 127 cm³/mol. The molecule has 1 atom stereocenters. The Kier molecular flexibility index (Phi) is 7.89. The van der Waals surface area contributed by atoms with Crippen LogP contribution in [0, 0.1) is 0 Å². The van der Waals surface area contributed by atoms with E-state index < -0.39 is 15.9 Å². The van der Waals surface area contributed by atoms with Crippen molar-refractivity contribution in [3.05, 3.63) is 63.6 Å². The molecule has 1 aliphatic heterocycles. The molecule has 9 heteroatoms. The van der Waals surface area contributed by atoms with Crippen LogP contribution in [-0.2, 0) is 20.2 Å². The molecule has 0 radical (unpaired) electrons. The van der Waals surface area contributed by atoms with E-state index in [9.17, 15) is 13.2 Å². The number of nitrogens with one attached hydrogen (secondary N) is 1. The van der Waals surface area contributed by atoms with Crippen LogP contribution in [0.15, 0.2) is 47.4 Å². The largest absolute Gasteiger partial charge is 0.379 e. The summed E-state index contributed by atoms with van der Waals surface area (Å²) in [5.74, 6) is -0.443. The lowest BCUT2D eigenvalue weighted by molar-refractivity contribution is 0.0730. The zero-order valence-electron chi connectivity index (χ0n) is 18.4. The molecule has 0 bridgehead atoms. The van der Waals surface area contributed by atoms with Gasteiger partial charge in [-0.25, -0.2) is 8.42 Å². The lowest BCUT2D eigenvalue weighted by atomic mass is 9.79. The molecule has 2 aromatic rings. The van der Waals surface area contributed by atoms with Gasteiger partial charge >= 0.3 is 0 Å². The number of hydrogen-bond acceptors (Lipinski definition) is 4. The van der Waals surface area contributed by atoms with Gasteiger partial charge in [0.1, 0.15) is 4.90 Å². The first-order valence-electron chi connectivity index (χ1n) is 10.5. The first kappa shape index (κ1) is 25.0. The lowest BCUT2D eigenvalue weighted by Gasteiger charge is -2.29. The average Bonchev–Trinajstić information content (AvgIpc) is 2.74. The SMILES string of the molecule is CC(CC(C)(C)c1ccccc1)NC(=O)c1cc(S(=O)(=O)N2CCOCC2)c(Cl)cc1Cl. The highest BCUT2D eigenvalue weighted by Gasteiger charge is 2.31. The van der Waals surface area contributed by atoms with E-state index >= 15 is 0 Å². The van der Waals surface area contributed by atoms with E-state index in [-0.39, 0.29) is 45.1 Å². The van der Waals surface area contributed by atoms with E-state index in [2.05, 4.69) is 31.3 Å². The number of morpholine rings is 1. The fraction of sp³-hybridized carbons (Fsp3) is 0.435. The molecule has 1 saturated heterocycles. The molecular weight excluding hydrogens is 471 g/mol. The van der Waals surface area contributed by atoms with Gasteiger partial charge in [-0.05, 0) is 36.5 Å². The third-order valence-corrected chi connectivity index (χ3v) is 8.28. The van der Waals surface area contributed by atoms with Crippen molar-refractivity contribution >= 4 is 39.1 Å². The first-order valence-corrected chi connectivity index (χ1v) is 12.7. The zero-order valence-corrected chi connectivity index (χ0v) is 20.7. The summed E-state index contributed by atoms with van der Waals surface area (Å²) < 4.78 is 32.7. The summed E-state index contributed by atoms with van der Waals surface area (Å²) in [6, 6.07) is 12.5. The van der Waals surface area contributed by atoms with E-state index in [0.717, 1.165) is 0 Å². The molecule has 0 aliphatic carbocycles. The third-order valence-electron chi connectivity index (χ3n) is 5.60. The van der Waals surface area contributed by atoms with Crippen molar-refractivity contribution < 1.29 is 17.9 Å². The molecule has 1 amide bonds. The van der Waals surface area contributed by atoms with Gasteiger partial charge in [0.15, 0.2) is 0 Å². The Morgan fingerprint density at radius 3 is 2.38 bits per heavy atom. The molecular formula is C23H28Cl2N2O4S. The molecule has 6 nitrogen and oxygen atoms in total. The number of carbonyl (C=O) groups excluding carboxylic acids is 1. The number of amides is 1. The smallest absolute Gasteiger partial charge is 0.253 e. The van der Waals surface area contributed by atoms with Gasteiger partial charge in [-0.15, -0.1) is 0 Å². The van der Waals surface area contributed by atoms with Gasteiger partial charge in [-0.2, -0.15) is 4.31 Å². The Hall–Kier alpha value is -1.64. The van der Waals surface area contributed by atoms with E-state index in [1.54, 1.807) is 0 Å². The quantitative estimate of drug-likeness (QED) is 0.609. The zero-order chi connectivity index (χ0) is 23.5. The molecule has 1 fully saturated rings. The second kappa shape index (κ2) is 10.1. The van der Waals surface area contributed by atoms with Crippen LogP contribution in [0.1, 0.15) is 43.1 Å². The maximum Gasteiger partial charge on any atom is 0.253 e. The monoisotopic (exact) mass is 498 g/mol. The van der Waals surface area contributed by atoms with Crippen molar-refractivity contribution in [2.75, 3.05) is 26.3 Å². The summed E-state index contributed by atoms with van der Waals surface area (Å²) in [7, 11) is -3.88. The Bertz CT molecular complexity index is 1070.